The molecule has 0 unspecified atom stereocenters. The summed E-state index contributed by atoms with van der Waals surface area (Å²) < 4.78 is 7.23. The summed E-state index contributed by atoms with van der Waals surface area (Å²) in [6.45, 7) is 1.74. The summed E-state index contributed by atoms with van der Waals surface area (Å²) in [6, 6.07) is 2.68. The Morgan fingerprint density at radius 2 is 1.95 bits per heavy atom. The molecule has 0 saturated heterocycles. The van der Waals surface area contributed by atoms with Gasteiger partial charge in [0, 0.05) is 26.4 Å². The van der Waals surface area contributed by atoms with E-state index in [4.69, 9.17) is 4.74 Å². The van der Waals surface area contributed by atoms with Crippen molar-refractivity contribution in [3.05, 3.63) is 50.6 Å². The summed E-state index contributed by atoms with van der Waals surface area (Å²) in [5.74, 6) is -0.161. The molecule has 0 saturated carbocycles. The Bertz CT molecular complexity index is 851. The van der Waals surface area contributed by atoms with Crippen LogP contribution in [-0.4, -0.2) is 27.1 Å². The fraction of sp³-hybridized carbons (Fsp3) is 0.286. The molecule has 0 bridgehead atoms. The summed E-state index contributed by atoms with van der Waals surface area (Å²) in [5.41, 5.74) is -0.141. The number of amides is 1. The van der Waals surface area contributed by atoms with Gasteiger partial charge in [0.15, 0.2) is 5.75 Å². The highest BCUT2D eigenvalue weighted by molar-refractivity contribution is 6.03. The maximum atomic E-state index is 12.3. The minimum Gasteiger partial charge on any atom is -0.493 e. The number of hydrogen-bond donors (Lipinski definition) is 1. The van der Waals surface area contributed by atoms with E-state index in [1.807, 2.05) is 0 Å². The van der Waals surface area contributed by atoms with Gasteiger partial charge in [-0.2, -0.15) is 0 Å². The Kier molecular flexibility index (Phi) is 4.11. The van der Waals surface area contributed by atoms with Crippen molar-refractivity contribution in [1.29, 1.82) is 0 Å². The van der Waals surface area contributed by atoms with Gasteiger partial charge in [0.1, 0.15) is 5.69 Å². The summed E-state index contributed by atoms with van der Waals surface area (Å²) in [6.07, 6.45) is 1.52. The first-order chi connectivity index (χ1) is 10.4. The van der Waals surface area contributed by atoms with Crippen molar-refractivity contribution in [2.24, 2.45) is 14.1 Å². The molecule has 116 valence electrons. The zero-order valence-electron chi connectivity index (χ0n) is 12.7. The lowest BCUT2D eigenvalue weighted by atomic mass is 10.2. The molecule has 2 aromatic rings. The maximum absolute atomic E-state index is 12.3. The number of nitrogens with one attached hydrogen (secondary N) is 1. The van der Waals surface area contributed by atoms with Gasteiger partial charge in [-0.25, -0.2) is 4.79 Å². The van der Waals surface area contributed by atoms with Crippen LogP contribution in [0.5, 0.6) is 5.75 Å². The van der Waals surface area contributed by atoms with E-state index < -0.39 is 17.2 Å². The van der Waals surface area contributed by atoms with Gasteiger partial charge in [-0.1, -0.05) is 0 Å². The first-order valence-electron chi connectivity index (χ1n) is 6.44. The fourth-order valence-corrected chi connectivity index (χ4v) is 2.05. The largest absolute Gasteiger partial charge is 0.493 e. The smallest absolute Gasteiger partial charge is 0.331 e. The summed E-state index contributed by atoms with van der Waals surface area (Å²) in [4.78, 5) is 39.9. The molecule has 0 radical (unpaired) electrons. The molecule has 8 nitrogen and oxygen atoms in total. The number of hydrogen-bond acceptors (Lipinski definition) is 5. The Labute approximate surface area is 126 Å². The zero-order valence-corrected chi connectivity index (χ0v) is 12.7. The number of carbonyl (C=O) groups is 1. The molecule has 1 N–H and O–H groups in total. The second-order valence-electron chi connectivity index (χ2n) is 4.70. The summed E-state index contributed by atoms with van der Waals surface area (Å²) >= 11 is 0. The molecule has 0 aliphatic heterocycles. The van der Waals surface area contributed by atoms with Gasteiger partial charge >= 0.3 is 5.69 Å². The van der Waals surface area contributed by atoms with Crippen LogP contribution < -0.4 is 21.3 Å². The molecule has 0 aliphatic rings. The number of methoxy groups -OCH3 is 1. The first kappa shape index (κ1) is 15.5. The third kappa shape index (κ3) is 2.62. The van der Waals surface area contributed by atoms with E-state index >= 15 is 0 Å². The Morgan fingerprint density at radius 1 is 1.27 bits per heavy atom. The quantitative estimate of drug-likeness (QED) is 0.864. The number of anilines is 1. The molecule has 22 heavy (non-hydrogen) atoms. The second kappa shape index (κ2) is 5.84. The molecule has 0 fully saturated rings. The topological polar surface area (TPSA) is 95.2 Å². The monoisotopic (exact) mass is 304 g/mol. The summed E-state index contributed by atoms with van der Waals surface area (Å²) in [7, 11) is 4.24. The highest BCUT2D eigenvalue weighted by atomic mass is 16.5. The van der Waals surface area contributed by atoms with Gasteiger partial charge < -0.3 is 10.1 Å². The van der Waals surface area contributed by atoms with Crippen LogP contribution in [0.2, 0.25) is 0 Å². The number of pyridine rings is 1. The first-order valence-corrected chi connectivity index (χ1v) is 6.44. The average molecular weight is 304 g/mol. The van der Waals surface area contributed by atoms with Gasteiger partial charge in [-0.05, 0) is 13.0 Å². The molecular weight excluding hydrogens is 288 g/mol. The van der Waals surface area contributed by atoms with Crippen LogP contribution >= 0.6 is 0 Å². The van der Waals surface area contributed by atoms with Crippen LogP contribution in [0.1, 0.15) is 16.2 Å². The number of nitrogens with zero attached hydrogens (tertiary/aromatic N) is 3. The van der Waals surface area contributed by atoms with Gasteiger partial charge in [0.05, 0.1) is 18.5 Å². The van der Waals surface area contributed by atoms with Crippen molar-refractivity contribution in [2.45, 2.75) is 6.92 Å². The second-order valence-corrected chi connectivity index (χ2v) is 4.70. The van der Waals surface area contributed by atoms with E-state index in [-0.39, 0.29) is 5.69 Å². The van der Waals surface area contributed by atoms with E-state index in [1.54, 1.807) is 13.0 Å². The van der Waals surface area contributed by atoms with E-state index in [0.29, 0.717) is 17.1 Å². The van der Waals surface area contributed by atoms with Gasteiger partial charge in [-0.15, -0.1) is 0 Å². The maximum Gasteiger partial charge on any atom is 0.331 e. The van der Waals surface area contributed by atoms with E-state index in [1.165, 1.54) is 27.4 Å². The SMILES string of the molecule is COc1c(NC(=O)c2cc(=O)n(C)c(=O)n2C)ccnc1C. The molecule has 2 rings (SSSR count). The molecule has 0 aliphatic carbocycles. The molecule has 1 amide bonds. The van der Waals surface area contributed by atoms with Crippen LogP contribution in [-0.2, 0) is 14.1 Å². The number of aromatic nitrogens is 3. The minimum atomic E-state index is -0.582. The zero-order chi connectivity index (χ0) is 16.4. The van der Waals surface area contributed by atoms with E-state index in [9.17, 15) is 14.4 Å². The average Bonchev–Trinajstić information content (AvgIpc) is 2.49. The van der Waals surface area contributed by atoms with Gasteiger partial charge in [0.25, 0.3) is 11.5 Å². The predicted molar refractivity (Wildman–Crippen MR) is 80.4 cm³/mol. The van der Waals surface area contributed by atoms with Crippen LogP contribution in [0.15, 0.2) is 27.9 Å². The minimum absolute atomic E-state index is 0.0374. The lowest BCUT2D eigenvalue weighted by molar-refractivity contribution is 0.101. The van der Waals surface area contributed by atoms with Crippen molar-refractivity contribution < 1.29 is 9.53 Å². The highest BCUT2D eigenvalue weighted by Gasteiger charge is 2.16. The third-order valence-electron chi connectivity index (χ3n) is 3.29. The molecule has 0 atom stereocenters. The van der Waals surface area contributed by atoms with E-state index in [2.05, 4.69) is 10.3 Å². The third-order valence-corrected chi connectivity index (χ3v) is 3.29. The molecule has 0 aromatic carbocycles. The number of ether oxygens (including phenoxy) is 1. The Hall–Kier alpha value is -2.90. The van der Waals surface area contributed by atoms with Gasteiger partial charge in [0.2, 0.25) is 0 Å². The lowest BCUT2D eigenvalue weighted by Crippen LogP contribution is -2.40. The van der Waals surface area contributed by atoms with Crippen molar-refractivity contribution in [2.75, 3.05) is 12.4 Å². The number of rotatable bonds is 3. The Balaban J connectivity index is 2.46. The fourth-order valence-electron chi connectivity index (χ4n) is 2.05. The van der Waals surface area contributed by atoms with Crippen molar-refractivity contribution in [1.82, 2.24) is 14.1 Å². The normalized spacial score (nSPS) is 10.4. The number of carbonyl (C=O) groups excluding carboxylic acids is 1. The van der Waals surface area contributed by atoms with Crippen LogP contribution in [0.4, 0.5) is 5.69 Å². The van der Waals surface area contributed by atoms with Crippen LogP contribution in [0.25, 0.3) is 0 Å². The van der Waals surface area contributed by atoms with Gasteiger partial charge in [-0.3, -0.25) is 23.7 Å². The number of aryl methyl sites for hydroxylation is 1. The molecular formula is C14H16N4O4. The highest BCUT2D eigenvalue weighted by Crippen LogP contribution is 2.26. The predicted octanol–water partition coefficient (Wildman–Crippen LogP) is 0.0483. The summed E-state index contributed by atoms with van der Waals surface area (Å²) in [5, 5.41) is 2.62. The van der Waals surface area contributed by atoms with Crippen LogP contribution in [0, 0.1) is 6.92 Å². The van der Waals surface area contributed by atoms with Crippen LogP contribution in [0.3, 0.4) is 0 Å². The molecule has 8 heteroatoms. The Morgan fingerprint density at radius 3 is 2.59 bits per heavy atom. The van der Waals surface area contributed by atoms with Crippen molar-refractivity contribution >= 4 is 11.6 Å². The van der Waals surface area contributed by atoms with Crippen molar-refractivity contribution in [3.63, 3.8) is 0 Å². The lowest BCUT2D eigenvalue weighted by Gasteiger charge is -2.13. The van der Waals surface area contributed by atoms with E-state index in [0.717, 1.165) is 15.2 Å². The standard InChI is InChI=1S/C14H16N4O4/c1-8-12(22-4)9(5-6-15-8)16-13(20)10-7-11(19)18(3)14(21)17(10)2/h5-7H,1-4H3,(H,15,16,20). The molecule has 2 heterocycles. The molecule has 2 aromatic heterocycles. The van der Waals surface area contributed by atoms with Crippen molar-refractivity contribution in [3.8, 4) is 5.75 Å². The molecule has 0 spiro atoms.